The van der Waals surface area contributed by atoms with E-state index < -0.39 is 11.5 Å². The highest BCUT2D eigenvalue weighted by molar-refractivity contribution is 5.99. The lowest BCUT2D eigenvalue weighted by Gasteiger charge is -2.48. The molecule has 3 aromatic rings. The van der Waals surface area contributed by atoms with Crippen molar-refractivity contribution in [2.75, 3.05) is 11.4 Å². The molecule has 1 N–H and O–H groups in total. The normalized spacial score (nSPS) is 20.2. The molecule has 2 aliphatic carbocycles. The van der Waals surface area contributed by atoms with Gasteiger partial charge >= 0.3 is 0 Å². The molecule has 3 unspecified atom stereocenters. The number of hydrogen-bond donors (Lipinski definition) is 1. The van der Waals surface area contributed by atoms with E-state index >= 15 is 4.79 Å². The van der Waals surface area contributed by atoms with E-state index in [-0.39, 0.29) is 22.5 Å². The molecule has 0 saturated carbocycles. The number of ketones is 1. The molecule has 0 spiro atoms. The lowest BCUT2D eigenvalue weighted by Crippen LogP contribution is -2.47. The summed E-state index contributed by atoms with van der Waals surface area (Å²) < 4.78 is 0. The van der Waals surface area contributed by atoms with Gasteiger partial charge in [0.25, 0.3) is 0 Å². The topological polar surface area (TPSA) is 40.5 Å². The monoisotopic (exact) mass is 1070 g/mol. The summed E-state index contributed by atoms with van der Waals surface area (Å²) in [5.74, 6) is -0.0736. The Labute approximate surface area is 485 Å². The van der Waals surface area contributed by atoms with E-state index in [0.29, 0.717) is 5.56 Å². The first-order chi connectivity index (χ1) is 38.5. The molecule has 436 valence electrons. The molecular weight excluding hydrogens is 959 g/mol. The summed E-state index contributed by atoms with van der Waals surface area (Å²) in [5, 5.41) is 14.6. The van der Waals surface area contributed by atoms with Gasteiger partial charge in [-0.1, -0.05) is 344 Å². The fraction of sp³-hybridized carbons (Fsp3) is 0.645. The fourth-order valence-corrected chi connectivity index (χ4v) is 14.1. The number of carbonyl (C=O) groups excluding carboxylic acids is 1. The van der Waals surface area contributed by atoms with Crippen LogP contribution in [0.25, 0.3) is 10.8 Å². The van der Waals surface area contributed by atoms with E-state index in [2.05, 4.69) is 125 Å². The van der Waals surface area contributed by atoms with E-state index in [4.69, 9.17) is 0 Å². The predicted molar refractivity (Wildman–Crippen MR) is 345 cm³/mol. The van der Waals surface area contributed by atoms with Crippen molar-refractivity contribution in [1.29, 1.82) is 0 Å². The van der Waals surface area contributed by atoms with Crippen LogP contribution >= 0.6 is 0 Å². The van der Waals surface area contributed by atoms with Gasteiger partial charge in [0.1, 0.15) is 6.10 Å². The Balaban J connectivity index is 1.09. The SMILES string of the molecule is CCCCCCCCCCCCCCCCCCN1C(=CC=C2C=C(C=CC3C(C)(C)CC=CC3(CCCCCCCCCCCCCCCCCC)C(=O)C(O)c3ccccc3)CCC2)C(C)(C)c2ccc3ccccc3c21. The first kappa shape index (κ1) is 64.2. The van der Waals surface area contributed by atoms with Crippen LogP contribution in [0.15, 0.2) is 126 Å². The Morgan fingerprint density at radius 3 is 1.66 bits per heavy atom. The van der Waals surface area contributed by atoms with E-state index in [0.717, 1.165) is 51.5 Å². The van der Waals surface area contributed by atoms with Crippen molar-refractivity contribution < 1.29 is 9.90 Å². The second-order valence-electron chi connectivity index (χ2n) is 26.3. The number of fused-ring (bicyclic) bond motifs is 3. The van der Waals surface area contributed by atoms with E-state index in [1.54, 1.807) is 0 Å². The van der Waals surface area contributed by atoms with E-state index in [1.807, 2.05) is 30.3 Å². The molecule has 1 aliphatic heterocycles. The second kappa shape index (κ2) is 35.1. The second-order valence-corrected chi connectivity index (χ2v) is 26.3. The lowest BCUT2D eigenvalue weighted by molar-refractivity contribution is -0.140. The average molecular weight is 1070 g/mol. The molecule has 0 radical (unpaired) electrons. The molecule has 79 heavy (non-hydrogen) atoms. The van der Waals surface area contributed by atoms with Crippen LogP contribution in [0.1, 0.15) is 296 Å². The molecule has 6 rings (SSSR count). The molecule has 3 nitrogen and oxygen atoms in total. The van der Waals surface area contributed by atoms with Crippen LogP contribution in [0.2, 0.25) is 0 Å². The number of unbranched alkanes of at least 4 members (excludes halogenated alkanes) is 30. The Morgan fingerprint density at radius 1 is 0.595 bits per heavy atom. The van der Waals surface area contributed by atoms with Gasteiger partial charge in [-0.15, -0.1) is 0 Å². The smallest absolute Gasteiger partial charge is 0.176 e. The summed E-state index contributed by atoms with van der Waals surface area (Å²) in [7, 11) is 0. The van der Waals surface area contributed by atoms with Gasteiger partial charge < -0.3 is 10.0 Å². The Hall–Kier alpha value is -3.95. The van der Waals surface area contributed by atoms with Gasteiger partial charge in [-0.2, -0.15) is 0 Å². The molecule has 0 saturated heterocycles. The summed E-state index contributed by atoms with van der Waals surface area (Å²) in [5.41, 5.74) is 6.66. The van der Waals surface area contributed by atoms with Crippen molar-refractivity contribution in [3.63, 3.8) is 0 Å². The number of allylic oxidation sites excluding steroid dienone is 10. The van der Waals surface area contributed by atoms with Crippen LogP contribution in [0.5, 0.6) is 0 Å². The lowest BCUT2D eigenvalue weighted by atomic mass is 9.54. The number of benzene rings is 3. The van der Waals surface area contributed by atoms with Gasteiger partial charge in [-0.3, -0.25) is 4.79 Å². The third kappa shape index (κ3) is 19.9. The summed E-state index contributed by atoms with van der Waals surface area (Å²) in [4.78, 5) is 17.8. The zero-order chi connectivity index (χ0) is 56.0. The van der Waals surface area contributed by atoms with Gasteiger partial charge in [0.15, 0.2) is 5.78 Å². The van der Waals surface area contributed by atoms with Crippen LogP contribution in [0, 0.1) is 16.7 Å². The number of rotatable bonds is 40. The molecule has 0 amide bonds. The maximum Gasteiger partial charge on any atom is 0.176 e. The van der Waals surface area contributed by atoms with Crippen LogP contribution in [0.4, 0.5) is 5.69 Å². The summed E-state index contributed by atoms with van der Waals surface area (Å²) in [6, 6.07) is 23.4. The van der Waals surface area contributed by atoms with Crippen molar-refractivity contribution in [1.82, 2.24) is 0 Å². The van der Waals surface area contributed by atoms with Crippen LogP contribution in [0.3, 0.4) is 0 Å². The Kier molecular flexibility index (Phi) is 28.6. The number of carbonyl (C=O) groups is 1. The van der Waals surface area contributed by atoms with Crippen LogP contribution in [-0.4, -0.2) is 17.4 Å². The fourth-order valence-electron chi connectivity index (χ4n) is 14.1. The van der Waals surface area contributed by atoms with E-state index in [9.17, 15) is 5.11 Å². The molecule has 0 aromatic heterocycles. The number of hydrogen-bond acceptors (Lipinski definition) is 3. The standard InChI is InChI=1S/C76H115NO2/c1-7-9-11-13-15-17-19-21-23-25-27-29-31-33-35-42-59-76(73(79)72(78)66-49-38-37-39-50-66)60-45-58-74(3,4)69(76)56-52-63-46-44-47-64(62-63)53-57-70-75(5,6)68-55-54-65-48-40-41-51-67(65)71(68)77(70)61-43-36-34-32-30-28-26-24-22-20-18-16-14-12-10-8-2/h37-41,45,48-57,60,62,69,72,78H,7-36,42-44,46-47,58-59,61H2,1-6H3. The highest BCUT2D eigenvalue weighted by atomic mass is 16.3. The average Bonchev–Trinajstić information content (AvgIpc) is 3.95. The van der Waals surface area contributed by atoms with Crippen LogP contribution < -0.4 is 4.90 Å². The predicted octanol–water partition coefficient (Wildman–Crippen LogP) is 23.2. The third-order valence-corrected chi connectivity index (χ3v) is 19.0. The first-order valence-corrected chi connectivity index (χ1v) is 33.6. The third-order valence-electron chi connectivity index (χ3n) is 19.0. The number of Topliss-reactive ketones (excluding diaryl/α,β-unsaturated/α-hetero) is 1. The van der Waals surface area contributed by atoms with Crippen molar-refractivity contribution in [3.05, 3.63) is 137 Å². The summed E-state index contributed by atoms with van der Waals surface area (Å²) in [6.45, 7) is 15.2. The minimum atomic E-state index is -1.15. The number of aliphatic hydroxyl groups excluding tert-OH is 1. The largest absolute Gasteiger partial charge is 0.381 e. The summed E-state index contributed by atoms with van der Waals surface area (Å²) >= 11 is 0. The number of nitrogens with zero attached hydrogens (tertiary/aromatic N) is 1. The first-order valence-electron chi connectivity index (χ1n) is 33.6. The molecule has 3 aliphatic rings. The van der Waals surface area contributed by atoms with Gasteiger partial charge in [-0.05, 0) is 83.6 Å². The quantitative estimate of drug-likeness (QED) is 0.0456. The molecule has 1 heterocycles. The maximum atomic E-state index is 15.1. The maximum absolute atomic E-state index is 15.1. The van der Waals surface area contributed by atoms with Crippen molar-refractivity contribution in [2.45, 2.75) is 291 Å². The molecular formula is C76H115NO2. The number of anilines is 1. The van der Waals surface area contributed by atoms with Crippen molar-refractivity contribution in [2.24, 2.45) is 16.7 Å². The van der Waals surface area contributed by atoms with Crippen molar-refractivity contribution >= 4 is 22.2 Å². The Bertz CT molecular complexity index is 2360. The van der Waals surface area contributed by atoms with Crippen LogP contribution in [-0.2, 0) is 10.2 Å². The van der Waals surface area contributed by atoms with Gasteiger partial charge in [-0.25, -0.2) is 0 Å². The minimum Gasteiger partial charge on any atom is -0.381 e. The number of aliphatic hydroxyl groups is 1. The molecule has 0 fully saturated rings. The van der Waals surface area contributed by atoms with Gasteiger partial charge in [0, 0.05) is 23.0 Å². The van der Waals surface area contributed by atoms with E-state index in [1.165, 1.54) is 231 Å². The highest BCUT2D eigenvalue weighted by Gasteiger charge is 2.51. The molecule has 3 heteroatoms. The van der Waals surface area contributed by atoms with Gasteiger partial charge in [0.2, 0.25) is 0 Å². The zero-order valence-corrected chi connectivity index (χ0v) is 51.7. The molecule has 3 atom stereocenters. The zero-order valence-electron chi connectivity index (χ0n) is 51.7. The highest BCUT2D eigenvalue weighted by Crippen LogP contribution is 2.54. The van der Waals surface area contributed by atoms with Crippen molar-refractivity contribution in [3.8, 4) is 0 Å². The van der Waals surface area contributed by atoms with Gasteiger partial charge in [0.05, 0.1) is 11.1 Å². The minimum absolute atomic E-state index is 0.0321. The molecule has 0 bridgehead atoms. The molecule has 3 aromatic carbocycles. The Morgan fingerprint density at radius 2 is 1.10 bits per heavy atom. The summed E-state index contributed by atoms with van der Waals surface area (Å²) in [6.07, 6.45) is 63.8.